The van der Waals surface area contributed by atoms with Gasteiger partial charge in [-0.25, -0.2) is 0 Å². The van der Waals surface area contributed by atoms with Gasteiger partial charge in [-0.1, -0.05) is 13.0 Å². The fraction of sp³-hybridized carbons (Fsp3) is 0.667. The van der Waals surface area contributed by atoms with Crippen molar-refractivity contribution in [1.29, 1.82) is 0 Å². The van der Waals surface area contributed by atoms with Crippen molar-refractivity contribution in [3.05, 3.63) is 30.1 Å². The number of pyridine rings is 1. The minimum atomic E-state index is 0.0776. The van der Waals surface area contributed by atoms with Crippen molar-refractivity contribution in [1.82, 2.24) is 14.8 Å². The predicted molar refractivity (Wildman–Crippen MR) is 81.0 cm³/mol. The molecule has 1 aromatic heterocycles. The number of hydrogen-bond acceptors (Lipinski definition) is 4. The minimum absolute atomic E-state index is 0.0776. The summed E-state index contributed by atoms with van der Waals surface area (Å²) in [4.78, 5) is 8.91. The van der Waals surface area contributed by atoms with Crippen LogP contribution in [0.15, 0.2) is 24.5 Å². The Morgan fingerprint density at radius 2 is 2.00 bits per heavy atom. The SMILES string of the molecule is CCN(C(C)CN(C)C)C(c1cccnc1)C(C)N. The molecule has 0 amide bonds. The number of nitrogens with two attached hydrogens (primary N) is 1. The maximum Gasteiger partial charge on any atom is 0.0514 e. The van der Waals surface area contributed by atoms with E-state index in [4.69, 9.17) is 5.73 Å². The zero-order valence-electron chi connectivity index (χ0n) is 12.9. The molecule has 2 N–H and O–H groups in total. The highest BCUT2D eigenvalue weighted by atomic mass is 15.2. The van der Waals surface area contributed by atoms with Gasteiger partial charge in [0, 0.05) is 31.0 Å². The van der Waals surface area contributed by atoms with Gasteiger partial charge < -0.3 is 10.6 Å². The summed E-state index contributed by atoms with van der Waals surface area (Å²) in [5.41, 5.74) is 7.43. The van der Waals surface area contributed by atoms with Crippen molar-refractivity contribution >= 4 is 0 Å². The number of nitrogens with zero attached hydrogens (tertiary/aromatic N) is 3. The van der Waals surface area contributed by atoms with Crippen LogP contribution in [0.3, 0.4) is 0 Å². The van der Waals surface area contributed by atoms with E-state index in [0.29, 0.717) is 6.04 Å². The first-order valence-electron chi connectivity index (χ1n) is 7.03. The van der Waals surface area contributed by atoms with E-state index in [1.54, 1.807) is 6.20 Å². The molecule has 4 heteroatoms. The molecule has 0 bridgehead atoms. The van der Waals surface area contributed by atoms with Gasteiger partial charge in [0.15, 0.2) is 0 Å². The monoisotopic (exact) mass is 264 g/mol. The summed E-state index contributed by atoms with van der Waals surface area (Å²) >= 11 is 0. The molecule has 4 nitrogen and oxygen atoms in total. The highest BCUT2D eigenvalue weighted by Crippen LogP contribution is 2.25. The third-order valence-electron chi connectivity index (χ3n) is 3.44. The van der Waals surface area contributed by atoms with Crippen molar-refractivity contribution in [2.45, 2.75) is 38.9 Å². The summed E-state index contributed by atoms with van der Waals surface area (Å²) < 4.78 is 0. The molecule has 0 aliphatic heterocycles. The van der Waals surface area contributed by atoms with Gasteiger partial charge in [0.1, 0.15) is 0 Å². The van der Waals surface area contributed by atoms with Crippen molar-refractivity contribution in [3.63, 3.8) is 0 Å². The minimum Gasteiger partial charge on any atom is -0.326 e. The van der Waals surface area contributed by atoms with Gasteiger partial charge in [-0.3, -0.25) is 9.88 Å². The third kappa shape index (κ3) is 4.56. The summed E-state index contributed by atoms with van der Waals surface area (Å²) in [6.07, 6.45) is 3.74. The van der Waals surface area contributed by atoms with Crippen LogP contribution in [0.1, 0.15) is 32.4 Å². The molecule has 1 heterocycles. The van der Waals surface area contributed by atoms with Crippen molar-refractivity contribution in [2.24, 2.45) is 5.73 Å². The lowest BCUT2D eigenvalue weighted by atomic mass is 9.99. The Balaban J connectivity index is 2.96. The molecule has 0 fully saturated rings. The van der Waals surface area contributed by atoms with E-state index >= 15 is 0 Å². The molecule has 0 aromatic carbocycles. The van der Waals surface area contributed by atoms with Crippen molar-refractivity contribution in [3.8, 4) is 0 Å². The second-order valence-corrected chi connectivity index (χ2v) is 5.53. The highest BCUT2D eigenvalue weighted by Gasteiger charge is 2.27. The molecule has 0 aliphatic carbocycles. The van der Waals surface area contributed by atoms with Crippen LogP contribution in [0, 0.1) is 0 Å². The number of hydrogen-bond donors (Lipinski definition) is 1. The Bertz CT molecular complexity index is 350. The van der Waals surface area contributed by atoms with Gasteiger partial charge in [0.2, 0.25) is 0 Å². The molecule has 1 rings (SSSR count). The molecule has 0 spiro atoms. The Labute approximate surface area is 117 Å². The zero-order chi connectivity index (χ0) is 14.4. The topological polar surface area (TPSA) is 45.4 Å². The second kappa shape index (κ2) is 7.58. The molecule has 108 valence electrons. The van der Waals surface area contributed by atoms with Gasteiger partial charge in [-0.15, -0.1) is 0 Å². The first kappa shape index (κ1) is 16.1. The molecule has 19 heavy (non-hydrogen) atoms. The summed E-state index contributed by atoms with van der Waals surface area (Å²) in [5.74, 6) is 0. The molecule has 1 aromatic rings. The van der Waals surface area contributed by atoms with Crippen molar-refractivity contribution in [2.75, 3.05) is 27.2 Å². The van der Waals surface area contributed by atoms with E-state index in [9.17, 15) is 0 Å². The Kier molecular flexibility index (Phi) is 6.42. The lowest BCUT2D eigenvalue weighted by molar-refractivity contribution is 0.113. The summed E-state index contributed by atoms with van der Waals surface area (Å²) in [7, 11) is 4.21. The summed E-state index contributed by atoms with van der Waals surface area (Å²) in [5, 5.41) is 0. The largest absolute Gasteiger partial charge is 0.326 e. The summed E-state index contributed by atoms with van der Waals surface area (Å²) in [6, 6.07) is 4.85. The van der Waals surface area contributed by atoms with Crippen LogP contribution in [-0.2, 0) is 0 Å². The van der Waals surface area contributed by atoms with E-state index in [1.165, 1.54) is 5.56 Å². The average molecular weight is 264 g/mol. The Hall–Kier alpha value is -0.970. The van der Waals surface area contributed by atoms with Gasteiger partial charge in [-0.2, -0.15) is 0 Å². The molecule has 3 atom stereocenters. The number of aromatic nitrogens is 1. The van der Waals surface area contributed by atoms with Crippen LogP contribution in [0.4, 0.5) is 0 Å². The third-order valence-corrected chi connectivity index (χ3v) is 3.44. The van der Waals surface area contributed by atoms with Crippen LogP contribution >= 0.6 is 0 Å². The second-order valence-electron chi connectivity index (χ2n) is 5.53. The van der Waals surface area contributed by atoms with Gasteiger partial charge >= 0.3 is 0 Å². The molecule has 0 aliphatic rings. The lowest BCUT2D eigenvalue weighted by Gasteiger charge is -2.39. The molecule has 0 saturated heterocycles. The average Bonchev–Trinajstić information content (AvgIpc) is 2.35. The molecule has 0 radical (unpaired) electrons. The van der Waals surface area contributed by atoms with Crippen molar-refractivity contribution < 1.29 is 0 Å². The van der Waals surface area contributed by atoms with Crippen LogP contribution < -0.4 is 5.73 Å². The Morgan fingerprint density at radius 3 is 2.42 bits per heavy atom. The smallest absolute Gasteiger partial charge is 0.0514 e. The van der Waals surface area contributed by atoms with Crippen LogP contribution in [-0.4, -0.2) is 54.1 Å². The van der Waals surface area contributed by atoms with Crippen LogP contribution in [0.25, 0.3) is 0 Å². The van der Waals surface area contributed by atoms with E-state index in [0.717, 1.165) is 13.1 Å². The lowest BCUT2D eigenvalue weighted by Crippen LogP contribution is -2.47. The van der Waals surface area contributed by atoms with Gasteiger partial charge in [-0.05, 0) is 46.1 Å². The van der Waals surface area contributed by atoms with E-state index in [-0.39, 0.29) is 12.1 Å². The predicted octanol–water partition coefficient (Wildman–Crippen LogP) is 1.74. The van der Waals surface area contributed by atoms with E-state index in [2.05, 4.69) is 55.7 Å². The Morgan fingerprint density at radius 1 is 1.32 bits per heavy atom. The van der Waals surface area contributed by atoms with Gasteiger partial charge in [0.05, 0.1) is 6.04 Å². The number of rotatable bonds is 7. The molecule has 0 saturated carbocycles. The summed E-state index contributed by atoms with van der Waals surface area (Å²) in [6.45, 7) is 8.53. The standard InChI is InChI=1S/C15H28N4/c1-6-19(12(2)11-18(4)5)15(13(3)16)14-8-7-9-17-10-14/h7-10,12-13,15H,6,11,16H2,1-5H3. The molecular weight excluding hydrogens is 236 g/mol. The van der Waals surface area contributed by atoms with Crippen LogP contribution in [0.2, 0.25) is 0 Å². The maximum absolute atomic E-state index is 6.23. The normalized spacial score (nSPS) is 16.6. The fourth-order valence-corrected chi connectivity index (χ4v) is 2.76. The first-order valence-corrected chi connectivity index (χ1v) is 7.03. The van der Waals surface area contributed by atoms with Gasteiger partial charge in [0.25, 0.3) is 0 Å². The maximum atomic E-state index is 6.23. The first-order chi connectivity index (χ1) is 8.97. The molecule has 3 unspecified atom stereocenters. The van der Waals surface area contributed by atoms with E-state index in [1.807, 2.05) is 12.3 Å². The van der Waals surface area contributed by atoms with E-state index < -0.39 is 0 Å². The zero-order valence-corrected chi connectivity index (χ0v) is 12.9. The number of likely N-dealkylation sites (N-methyl/N-ethyl adjacent to an activating group) is 2. The quantitative estimate of drug-likeness (QED) is 0.815. The van der Waals surface area contributed by atoms with Crippen LogP contribution in [0.5, 0.6) is 0 Å². The highest BCUT2D eigenvalue weighted by molar-refractivity contribution is 5.16. The fourth-order valence-electron chi connectivity index (χ4n) is 2.76. The molecular formula is C15H28N4.